The van der Waals surface area contributed by atoms with Gasteiger partial charge in [0.25, 0.3) is 20.2 Å². The predicted octanol–water partition coefficient (Wildman–Crippen LogP) is -1.57. The molecule has 0 aromatic rings. The summed E-state index contributed by atoms with van der Waals surface area (Å²) in [6, 6.07) is 0. The van der Waals surface area contributed by atoms with Crippen LogP contribution in [0.1, 0.15) is 12.8 Å². The van der Waals surface area contributed by atoms with Crippen LogP contribution in [0.3, 0.4) is 0 Å². The first-order chi connectivity index (χ1) is 7.03. The predicted molar refractivity (Wildman–Crippen MR) is 49.9 cm³/mol. The van der Waals surface area contributed by atoms with E-state index in [0.29, 0.717) is 0 Å². The van der Waals surface area contributed by atoms with Gasteiger partial charge in [0.05, 0.1) is 0 Å². The average Bonchev–Trinajstić information content (AvgIpc) is 2.05. The van der Waals surface area contributed by atoms with Crippen LogP contribution in [0.15, 0.2) is 0 Å². The zero-order chi connectivity index (χ0) is 12.7. The first-order valence-electron chi connectivity index (χ1n) is 4.02. The molecule has 1 aliphatic rings. The smallest absolute Gasteiger partial charge is 0.269 e. The van der Waals surface area contributed by atoms with Gasteiger partial charge in [0.15, 0.2) is 11.6 Å². The molecule has 10 heteroatoms. The Bertz CT molecular complexity index is 477. The third-order valence-electron chi connectivity index (χ3n) is 2.26. The highest BCUT2D eigenvalue weighted by atomic mass is 32.2. The van der Waals surface area contributed by atoms with Gasteiger partial charge in [-0.2, -0.15) is 16.8 Å². The van der Waals surface area contributed by atoms with E-state index >= 15 is 0 Å². The normalized spacial score (nSPS) is 28.1. The molecular formula is C6H8O8S2. The number of hydrogen-bond acceptors (Lipinski definition) is 6. The van der Waals surface area contributed by atoms with E-state index < -0.39 is 55.1 Å². The molecule has 2 unspecified atom stereocenters. The summed E-state index contributed by atoms with van der Waals surface area (Å²) in [6.45, 7) is 0. The number of carbonyl (C=O) groups is 2. The molecule has 0 saturated heterocycles. The van der Waals surface area contributed by atoms with Crippen LogP contribution in [0.4, 0.5) is 0 Å². The van der Waals surface area contributed by atoms with E-state index in [1.807, 2.05) is 0 Å². The lowest BCUT2D eigenvalue weighted by atomic mass is 9.97. The van der Waals surface area contributed by atoms with Crippen molar-refractivity contribution in [1.82, 2.24) is 0 Å². The molecule has 0 heterocycles. The van der Waals surface area contributed by atoms with Crippen molar-refractivity contribution in [3.8, 4) is 0 Å². The summed E-state index contributed by atoms with van der Waals surface area (Å²) in [5.41, 5.74) is 0. The van der Waals surface area contributed by atoms with Crippen LogP contribution in [0.25, 0.3) is 0 Å². The quantitative estimate of drug-likeness (QED) is 0.453. The Morgan fingerprint density at radius 3 is 1.25 bits per heavy atom. The Morgan fingerprint density at radius 1 is 0.812 bits per heavy atom. The topological polar surface area (TPSA) is 143 Å². The van der Waals surface area contributed by atoms with Crippen molar-refractivity contribution in [3.63, 3.8) is 0 Å². The van der Waals surface area contributed by atoms with Crippen molar-refractivity contribution in [3.05, 3.63) is 0 Å². The first kappa shape index (κ1) is 13.2. The lowest BCUT2D eigenvalue weighted by molar-refractivity contribution is -0.137. The number of ketones is 2. The molecule has 1 saturated carbocycles. The molecule has 0 amide bonds. The van der Waals surface area contributed by atoms with E-state index in [0.717, 1.165) is 0 Å². The fourth-order valence-corrected chi connectivity index (χ4v) is 3.98. The van der Waals surface area contributed by atoms with E-state index in [9.17, 15) is 26.4 Å². The van der Waals surface area contributed by atoms with Gasteiger partial charge in [0, 0.05) is 12.8 Å². The maximum absolute atomic E-state index is 10.9. The highest BCUT2D eigenvalue weighted by molar-refractivity contribution is 7.90. The molecule has 0 aromatic heterocycles. The van der Waals surface area contributed by atoms with E-state index in [1.54, 1.807) is 0 Å². The van der Waals surface area contributed by atoms with Crippen LogP contribution in [-0.4, -0.2) is 48.0 Å². The van der Waals surface area contributed by atoms with Gasteiger partial charge in [-0.1, -0.05) is 0 Å². The van der Waals surface area contributed by atoms with Gasteiger partial charge in [0.1, 0.15) is 10.5 Å². The summed E-state index contributed by atoms with van der Waals surface area (Å²) >= 11 is 0. The van der Waals surface area contributed by atoms with Crippen molar-refractivity contribution in [1.29, 1.82) is 0 Å². The molecule has 8 nitrogen and oxygen atoms in total. The highest BCUT2D eigenvalue weighted by Crippen LogP contribution is 2.24. The van der Waals surface area contributed by atoms with Gasteiger partial charge >= 0.3 is 0 Å². The van der Waals surface area contributed by atoms with Crippen LogP contribution >= 0.6 is 0 Å². The van der Waals surface area contributed by atoms with Crippen molar-refractivity contribution < 1.29 is 35.5 Å². The third kappa shape index (κ3) is 2.64. The second-order valence-corrected chi connectivity index (χ2v) is 6.63. The molecule has 92 valence electrons. The van der Waals surface area contributed by atoms with Gasteiger partial charge in [-0.3, -0.25) is 18.7 Å². The van der Waals surface area contributed by atoms with E-state index in [4.69, 9.17) is 9.11 Å². The zero-order valence-electron chi connectivity index (χ0n) is 7.73. The van der Waals surface area contributed by atoms with Crippen molar-refractivity contribution in [2.24, 2.45) is 0 Å². The van der Waals surface area contributed by atoms with E-state index in [1.165, 1.54) is 0 Å². The zero-order valence-corrected chi connectivity index (χ0v) is 9.36. The van der Waals surface area contributed by atoms with Crippen LogP contribution in [0.5, 0.6) is 0 Å². The molecule has 0 spiro atoms. The maximum Gasteiger partial charge on any atom is 0.269 e. The molecule has 1 aliphatic carbocycles. The summed E-state index contributed by atoms with van der Waals surface area (Å²) < 4.78 is 60.7. The molecular weight excluding hydrogens is 264 g/mol. The number of Topliss-reactive ketones (excluding diaryl/α,β-unsaturated/α-hetero) is 2. The molecule has 0 bridgehead atoms. The second-order valence-electron chi connectivity index (χ2n) is 3.36. The van der Waals surface area contributed by atoms with Crippen LogP contribution < -0.4 is 0 Å². The van der Waals surface area contributed by atoms with Gasteiger partial charge in [0.2, 0.25) is 0 Å². The molecule has 0 aliphatic heterocycles. The Kier molecular flexibility index (Phi) is 3.20. The molecule has 16 heavy (non-hydrogen) atoms. The summed E-state index contributed by atoms with van der Waals surface area (Å²) in [7, 11) is -9.65. The average molecular weight is 272 g/mol. The maximum atomic E-state index is 10.9. The lowest BCUT2D eigenvalue weighted by Crippen LogP contribution is -2.47. The molecule has 0 radical (unpaired) electrons. The Morgan fingerprint density at radius 2 is 1.06 bits per heavy atom. The minimum Gasteiger partial charge on any atom is -0.291 e. The third-order valence-corrected chi connectivity index (χ3v) is 4.96. The van der Waals surface area contributed by atoms with Gasteiger partial charge < -0.3 is 0 Å². The van der Waals surface area contributed by atoms with E-state index in [-0.39, 0.29) is 0 Å². The Labute approximate surface area is 91.1 Å². The summed E-state index contributed by atoms with van der Waals surface area (Å²) in [5.74, 6) is -2.16. The van der Waals surface area contributed by atoms with Gasteiger partial charge in [-0.25, -0.2) is 0 Å². The molecule has 0 aromatic carbocycles. The van der Waals surface area contributed by atoms with Crippen LogP contribution in [0, 0.1) is 0 Å². The fraction of sp³-hybridized carbons (Fsp3) is 0.667. The molecule has 2 N–H and O–H groups in total. The molecule has 1 fully saturated rings. The Hall–Kier alpha value is -0.840. The number of rotatable bonds is 2. The van der Waals surface area contributed by atoms with Crippen molar-refractivity contribution >= 4 is 31.8 Å². The monoisotopic (exact) mass is 272 g/mol. The lowest BCUT2D eigenvalue weighted by Gasteiger charge is -2.24. The first-order valence-corrected chi connectivity index (χ1v) is 7.02. The van der Waals surface area contributed by atoms with Crippen molar-refractivity contribution in [2.45, 2.75) is 23.3 Å². The van der Waals surface area contributed by atoms with Gasteiger partial charge in [-0.15, -0.1) is 0 Å². The summed E-state index contributed by atoms with van der Waals surface area (Å²) in [6.07, 6.45) is -1.88. The summed E-state index contributed by atoms with van der Waals surface area (Å²) in [4.78, 5) is 21.8. The minimum absolute atomic E-state index is 0.942. The minimum atomic E-state index is -4.83. The van der Waals surface area contributed by atoms with Crippen LogP contribution in [0.2, 0.25) is 0 Å². The summed E-state index contributed by atoms with van der Waals surface area (Å²) in [5, 5.41) is -3.99. The molecule has 1 rings (SSSR count). The van der Waals surface area contributed by atoms with E-state index in [2.05, 4.69) is 0 Å². The number of carbonyl (C=O) groups excluding carboxylic acids is 2. The second kappa shape index (κ2) is 3.87. The molecule has 2 atom stereocenters. The standard InChI is InChI=1S/C6H8O8S2/c7-3-1-5(15(9,10)11)6(2-4(3)8)16(12,13)14/h5-6H,1-2H2,(H,9,10,11)(H,12,13,14). The largest absolute Gasteiger partial charge is 0.291 e. The fourth-order valence-electron chi connectivity index (χ4n) is 1.45. The highest BCUT2D eigenvalue weighted by Gasteiger charge is 2.47. The van der Waals surface area contributed by atoms with Crippen LogP contribution in [-0.2, 0) is 29.8 Å². The number of hydrogen-bond donors (Lipinski definition) is 2. The Balaban J connectivity index is 3.23. The SMILES string of the molecule is O=C1CC(S(=O)(=O)O)C(S(=O)(=O)O)CC1=O. The van der Waals surface area contributed by atoms with Gasteiger partial charge in [-0.05, 0) is 0 Å². The van der Waals surface area contributed by atoms with Crippen molar-refractivity contribution in [2.75, 3.05) is 0 Å².